The second-order valence-corrected chi connectivity index (χ2v) is 2.87. The molecular weight excluding hydrogens is 148 g/mol. The van der Waals surface area contributed by atoms with Gasteiger partial charge in [-0.25, -0.2) is 0 Å². The predicted octanol–water partition coefficient (Wildman–Crippen LogP) is 1.96. The van der Waals surface area contributed by atoms with Crippen LogP contribution in [-0.2, 0) is 0 Å². The normalized spacial score (nSPS) is 12.2. The van der Waals surface area contributed by atoms with E-state index in [0.717, 1.165) is 6.54 Å². The van der Waals surface area contributed by atoms with Crippen LogP contribution < -0.4 is 5.32 Å². The van der Waals surface area contributed by atoms with Crippen molar-refractivity contribution in [3.05, 3.63) is 0 Å². The van der Waals surface area contributed by atoms with Gasteiger partial charge in [0, 0.05) is 6.04 Å². The Balaban J connectivity index is 0. The maximum Gasteiger partial charge on any atom is 0.00478 e. The maximum atomic E-state index is 3.22. The second-order valence-electron chi connectivity index (χ2n) is 2.87. The first-order valence-electron chi connectivity index (χ1n) is 5.06. The molecule has 0 radical (unpaired) electrons. The number of hydrogen-bond acceptors (Lipinski definition) is 2. The van der Waals surface area contributed by atoms with E-state index in [9.17, 15) is 0 Å². The van der Waals surface area contributed by atoms with Gasteiger partial charge in [0.2, 0.25) is 0 Å². The minimum atomic E-state index is 0.647. The van der Waals surface area contributed by atoms with Crippen LogP contribution >= 0.6 is 0 Å². The lowest BCUT2D eigenvalue weighted by molar-refractivity contribution is 0.329. The van der Waals surface area contributed by atoms with E-state index in [1.807, 2.05) is 20.9 Å². The number of nitrogens with zero attached hydrogens (tertiary/aromatic N) is 1. The molecule has 1 N–H and O–H groups in total. The SMILES string of the molecule is CC.CCN(C)CCC(C)NC. The van der Waals surface area contributed by atoms with Crippen LogP contribution in [0.5, 0.6) is 0 Å². The number of hydrogen-bond donors (Lipinski definition) is 1. The molecule has 1 atom stereocenters. The van der Waals surface area contributed by atoms with Crippen molar-refractivity contribution < 1.29 is 0 Å². The van der Waals surface area contributed by atoms with Gasteiger partial charge in [0.15, 0.2) is 0 Å². The van der Waals surface area contributed by atoms with Gasteiger partial charge in [0.1, 0.15) is 0 Å². The molecule has 0 saturated heterocycles. The van der Waals surface area contributed by atoms with Gasteiger partial charge in [0.05, 0.1) is 0 Å². The highest BCUT2D eigenvalue weighted by Crippen LogP contribution is 1.91. The van der Waals surface area contributed by atoms with Gasteiger partial charge in [-0.3, -0.25) is 0 Å². The molecule has 2 heteroatoms. The zero-order chi connectivity index (χ0) is 9.98. The molecule has 0 aliphatic carbocycles. The summed E-state index contributed by atoms with van der Waals surface area (Å²) in [6.45, 7) is 10.7. The predicted molar refractivity (Wildman–Crippen MR) is 57.7 cm³/mol. The van der Waals surface area contributed by atoms with E-state index in [-0.39, 0.29) is 0 Å². The smallest absolute Gasteiger partial charge is 0.00478 e. The summed E-state index contributed by atoms with van der Waals surface area (Å²) in [6.07, 6.45) is 1.24. The van der Waals surface area contributed by atoms with E-state index in [2.05, 4.69) is 31.1 Å². The van der Waals surface area contributed by atoms with Crippen LogP contribution in [0.1, 0.15) is 34.1 Å². The van der Waals surface area contributed by atoms with E-state index >= 15 is 0 Å². The third-order valence-electron chi connectivity index (χ3n) is 1.98. The molecule has 0 aromatic carbocycles. The Hall–Kier alpha value is -0.0800. The van der Waals surface area contributed by atoms with Gasteiger partial charge < -0.3 is 10.2 Å². The third-order valence-corrected chi connectivity index (χ3v) is 1.98. The van der Waals surface area contributed by atoms with Gasteiger partial charge in [-0.05, 0) is 40.5 Å². The van der Waals surface area contributed by atoms with Gasteiger partial charge in [-0.1, -0.05) is 20.8 Å². The van der Waals surface area contributed by atoms with E-state index < -0.39 is 0 Å². The molecule has 0 aromatic heterocycles. The van der Waals surface area contributed by atoms with Crippen molar-refractivity contribution in [1.29, 1.82) is 0 Å². The zero-order valence-electron chi connectivity index (χ0n) is 9.65. The monoisotopic (exact) mass is 174 g/mol. The Bertz CT molecular complexity index is 64.2. The summed E-state index contributed by atoms with van der Waals surface area (Å²) in [5.74, 6) is 0. The van der Waals surface area contributed by atoms with Crippen molar-refractivity contribution in [2.24, 2.45) is 0 Å². The van der Waals surface area contributed by atoms with Gasteiger partial charge in [-0.2, -0.15) is 0 Å². The fourth-order valence-corrected chi connectivity index (χ4v) is 0.716. The summed E-state index contributed by atoms with van der Waals surface area (Å²) in [5, 5.41) is 3.22. The van der Waals surface area contributed by atoms with Crippen LogP contribution in [0.25, 0.3) is 0 Å². The van der Waals surface area contributed by atoms with Gasteiger partial charge in [0.25, 0.3) is 0 Å². The van der Waals surface area contributed by atoms with Crippen LogP contribution in [0.3, 0.4) is 0 Å². The molecular formula is C10H26N2. The molecule has 0 aromatic rings. The largest absolute Gasteiger partial charge is 0.317 e. The molecule has 0 heterocycles. The molecule has 0 saturated carbocycles. The van der Waals surface area contributed by atoms with Crippen molar-refractivity contribution in [2.75, 3.05) is 27.2 Å². The summed E-state index contributed by atoms with van der Waals surface area (Å²) in [6, 6.07) is 0.647. The second kappa shape index (κ2) is 10.9. The molecule has 1 unspecified atom stereocenters. The Labute approximate surface area is 78.3 Å². The van der Waals surface area contributed by atoms with Crippen LogP contribution in [0.2, 0.25) is 0 Å². The molecule has 0 aliphatic rings. The number of rotatable bonds is 5. The topological polar surface area (TPSA) is 15.3 Å². The van der Waals surface area contributed by atoms with E-state index in [1.165, 1.54) is 13.0 Å². The van der Waals surface area contributed by atoms with Crippen LogP contribution in [0.4, 0.5) is 0 Å². The molecule has 2 nitrogen and oxygen atoms in total. The van der Waals surface area contributed by atoms with E-state index in [4.69, 9.17) is 0 Å². The van der Waals surface area contributed by atoms with Crippen molar-refractivity contribution >= 4 is 0 Å². The lowest BCUT2D eigenvalue weighted by Gasteiger charge is -2.16. The lowest BCUT2D eigenvalue weighted by atomic mass is 10.2. The summed E-state index contributed by atoms with van der Waals surface area (Å²) in [4.78, 5) is 2.33. The minimum Gasteiger partial charge on any atom is -0.317 e. The third kappa shape index (κ3) is 9.92. The Kier molecular flexibility index (Phi) is 13.1. The minimum absolute atomic E-state index is 0.647. The Morgan fingerprint density at radius 3 is 2.17 bits per heavy atom. The van der Waals surface area contributed by atoms with Crippen molar-refractivity contribution in [3.8, 4) is 0 Å². The average molecular weight is 174 g/mol. The average Bonchev–Trinajstić information content (AvgIpc) is 2.16. The first kappa shape index (κ1) is 14.4. The quantitative estimate of drug-likeness (QED) is 0.685. The van der Waals surface area contributed by atoms with E-state index in [1.54, 1.807) is 0 Å². The van der Waals surface area contributed by atoms with Crippen LogP contribution in [0, 0.1) is 0 Å². The molecule has 0 amide bonds. The highest BCUT2D eigenvalue weighted by Gasteiger charge is 1.98. The van der Waals surface area contributed by atoms with E-state index in [0.29, 0.717) is 6.04 Å². The molecule has 76 valence electrons. The van der Waals surface area contributed by atoms with Crippen molar-refractivity contribution in [1.82, 2.24) is 10.2 Å². The van der Waals surface area contributed by atoms with Crippen molar-refractivity contribution in [3.63, 3.8) is 0 Å². The zero-order valence-corrected chi connectivity index (χ0v) is 9.65. The Morgan fingerprint density at radius 2 is 1.83 bits per heavy atom. The summed E-state index contributed by atoms with van der Waals surface area (Å²) in [7, 11) is 4.17. The first-order chi connectivity index (χ1) is 5.70. The van der Waals surface area contributed by atoms with Gasteiger partial charge >= 0.3 is 0 Å². The lowest BCUT2D eigenvalue weighted by Crippen LogP contribution is -2.28. The van der Waals surface area contributed by atoms with Crippen LogP contribution in [0.15, 0.2) is 0 Å². The fourth-order valence-electron chi connectivity index (χ4n) is 0.716. The van der Waals surface area contributed by atoms with Gasteiger partial charge in [-0.15, -0.1) is 0 Å². The first-order valence-corrected chi connectivity index (χ1v) is 5.06. The standard InChI is InChI=1S/C8H20N2.C2H6/c1-5-10(4)7-6-8(2)9-3;1-2/h8-9H,5-7H2,1-4H3;1-2H3. The maximum absolute atomic E-state index is 3.22. The molecule has 0 bridgehead atoms. The molecule has 12 heavy (non-hydrogen) atoms. The van der Waals surface area contributed by atoms with Crippen LogP contribution in [-0.4, -0.2) is 38.1 Å². The fraction of sp³-hybridized carbons (Fsp3) is 1.00. The molecule has 0 rings (SSSR count). The molecule has 0 aliphatic heterocycles. The summed E-state index contributed by atoms with van der Waals surface area (Å²) in [5.41, 5.74) is 0. The highest BCUT2D eigenvalue weighted by molar-refractivity contribution is 4.59. The van der Waals surface area contributed by atoms with Crippen molar-refractivity contribution in [2.45, 2.75) is 40.2 Å². The molecule has 0 spiro atoms. The molecule has 0 fully saturated rings. The summed E-state index contributed by atoms with van der Waals surface area (Å²) >= 11 is 0. The summed E-state index contributed by atoms with van der Waals surface area (Å²) < 4.78 is 0. The Morgan fingerprint density at radius 1 is 1.33 bits per heavy atom. The number of nitrogens with one attached hydrogen (secondary N) is 1. The highest BCUT2D eigenvalue weighted by atomic mass is 15.1.